The Bertz CT molecular complexity index is 773. The van der Waals surface area contributed by atoms with Crippen LogP contribution in [0.4, 0.5) is 5.95 Å². The lowest BCUT2D eigenvalue weighted by Gasteiger charge is -1.97. The van der Waals surface area contributed by atoms with E-state index in [1.54, 1.807) is 23.9 Å². The molecule has 21 heavy (non-hydrogen) atoms. The maximum Gasteiger partial charge on any atom is 0.268 e. The Morgan fingerprint density at radius 3 is 3.19 bits per heavy atom. The smallest absolute Gasteiger partial charge is 0.268 e. The molecule has 0 aliphatic heterocycles. The van der Waals surface area contributed by atoms with Gasteiger partial charge in [-0.05, 0) is 38.6 Å². The minimum Gasteiger partial charge on any atom is -0.356 e. The molecule has 0 unspecified atom stereocenters. The Morgan fingerprint density at radius 2 is 2.52 bits per heavy atom. The Balaban J connectivity index is 1.95. The molecule has 0 radical (unpaired) electrons. The van der Waals surface area contributed by atoms with E-state index in [9.17, 15) is 4.79 Å². The number of aromatic amines is 1. The Hall–Kier alpha value is -2.69. The monoisotopic (exact) mass is 347 g/mol. The Morgan fingerprint density at radius 1 is 1.71 bits per heavy atom. The average Bonchev–Trinajstić information content (AvgIpc) is 3.04. The van der Waals surface area contributed by atoms with E-state index < -0.39 is 0 Å². The van der Waals surface area contributed by atoms with Crippen LogP contribution in [0.1, 0.15) is 16.2 Å². The summed E-state index contributed by atoms with van der Waals surface area (Å²) in [5, 5.41) is 6.07. The third kappa shape index (κ3) is 3.66. The molecule has 2 rings (SSSR count). The van der Waals surface area contributed by atoms with Crippen molar-refractivity contribution in [2.24, 2.45) is 12.2 Å². The van der Waals surface area contributed by atoms with Crippen molar-refractivity contribution < 1.29 is 4.79 Å². The molecule has 1 amide bonds. The number of halogens is 1. The quantitative estimate of drug-likeness (QED) is 0.384. The molecule has 0 atom stereocenters. The van der Waals surface area contributed by atoms with Crippen LogP contribution in [0.3, 0.4) is 0 Å². The predicted octanol–water partition coefficient (Wildman–Crippen LogP) is 2.23. The van der Waals surface area contributed by atoms with Gasteiger partial charge in [0.2, 0.25) is 0 Å². The lowest BCUT2D eigenvalue weighted by molar-refractivity contribution is 0.0954. The van der Waals surface area contributed by atoms with Gasteiger partial charge < -0.3 is 14.9 Å². The van der Waals surface area contributed by atoms with E-state index in [0.29, 0.717) is 11.4 Å². The van der Waals surface area contributed by atoms with Gasteiger partial charge in [0, 0.05) is 22.6 Å². The number of nitrogens with one attached hydrogen (secondary N) is 2. The molecule has 9 heteroatoms. The zero-order valence-corrected chi connectivity index (χ0v) is 12.5. The van der Waals surface area contributed by atoms with E-state index in [1.807, 2.05) is 0 Å². The number of nitrogens with zero attached hydrogens (tertiary/aromatic N) is 5. The van der Waals surface area contributed by atoms with Gasteiger partial charge in [0.15, 0.2) is 5.95 Å². The lowest BCUT2D eigenvalue weighted by atomic mass is 10.4. The minimum absolute atomic E-state index is 0.192. The van der Waals surface area contributed by atoms with E-state index in [0.717, 1.165) is 4.47 Å². The second kappa shape index (κ2) is 6.65. The molecule has 2 heterocycles. The summed E-state index contributed by atoms with van der Waals surface area (Å²) in [5.41, 5.74) is 9.40. The SMILES string of the molecule is Cn1c(C#CCNC(=O)c2cc(Br)c[nH]2)cnc1N=[N+]=[N-]. The molecule has 0 saturated carbocycles. The molecule has 2 N–H and O–H groups in total. The number of azide groups is 1. The topological polar surface area (TPSA) is 111 Å². The van der Waals surface area contributed by atoms with Gasteiger partial charge >= 0.3 is 0 Å². The second-order valence-corrected chi connectivity index (χ2v) is 4.82. The van der Waals surface area contributed by atoms with Gasteiger partial charge in [-0.15, -0.1) is 0 Å². The van der Waals surface area contributed by atoms with E-state index in [4.69, 9.17) is 5.53 Å². The summed E-state index contributed by atoms with van der Waals surface area (Å²) >= 11 is 3.25. The van der Waals surface area contributed by atoms with Crippen LogP contribution in [0, 0.1) is 11.8 Å². The highest BCUT2D eigenvalue weighted by Crippen LogP contribution is 2.11. The summed E-state index contributed by atoms with van der Waals surface area (Å²) < 4.78 is 2.37. The van der Waals surface area contributed by atoms with Crippen LogP contribution in [-0.4, -0.2) is 27.0 Å². The van der Waals surface area contributed by atoms with Crippen LogP contribution < -0.4 is 5.32 Å². The fraction of sp³-hybridized carbons (Fsp3) is 0.167. The number of carbonyl (C=O) groups is 1. The number of aromatic nitrogens is 3. The van der Waals surface area contributed by atoms with Crippen LogP contribution in [0.2, 0.25) is 0 Å². The first-order valence-electron chi connectivity index (χ1n) is 5.79. The predicted molar refractivity (Wildman–Crippen MR) is 79.7 cm³/mol. The van der Waals surface area contributed by atoms with Crippen molar-refractivity contribution in [2.75, 3.05) is 6.54 Å². The van der Waals surface area contributed by atoms with E-state index in [1.165, 1.54) is 6.20 Å². The Labute approximate surface area is 128 Å². The van der Waals surface area contributed by atoms with Crippen LogP contribution in [0.15, 0.2) is 28.0 Å². The van der Waals surface area contributed by atoms with Crippen LogP contribution >= 0.6 is 15.9 Å². The van der Waals surface area contributed by atoms with Gasteiger partial charge in [-0.1, -0.05) is 5.92 Å². The fourth-order valence-corrected chi connectivity index (χ4v) is 1.85. The molecular weight excluding hydrogens is 338 g/mol. The summed E-state index contributed by atoms with van der Waals surface area (Å²) in [6.45, 7) is 0.192. The maximum atomic E-state index is 11.7. The zero-order valence-electron chi connectivity index (χ0n) is 11.0. The van der Waals surface area contributed by atoms with E-state index in [2.05, 4.69) is 53.1 Å². The minimum atomic E-state index is -0.241. The molecule has 0 aliphatic rings. The van der Waals surface area contributed by atoms with E-state index in [-0.39, 0.29) is 18.4 Å². The largest absolute Gasteiger partial charge is 0.356 e. The standard InChI is InChI=1S/C12H10BrN7O/c1-20-9(7-17-12(20)18-19-14)3-2-4-15-11(21)10-5-8(13)6-16-10/h5-7,16H,4H2,1H3,(H,15,21). The molecule has 0 saturated heterocycles. The number of rotatable bonds is 3. The third-order valence-corrected chi connectivity index (χ3v) is 3.00. The third-order valence-electron chi connectivity index (χ3n) is 2.54. The molecule has 0 aliphatic carbocycles. The van der Waals surface area contributed by atoms with Crippen molar-refractivity contribution in [3.8, 4) is 11.8 Å². The average molecular weight is 348 g/mol. The van der Waals surface area contributed by atoms with Gasteiger partial charge in [-0.25, -0.2) is 4.98 Å². The molecule has 0 fully saturated rings. The summed E-state index contributed by atoms with van der Waals surface area (Å²) in [6.07, 6.45) is 3.17. The molecule has 2 aromatic rings. The van der Waals surface area contributed by atoms with Crippen molar-refractivity contribution in [3.63, 3.8) is 0 Å². The van der Waals surface area contributed by atoms with Crippen molar-refractivity contribution in [1.82, 2.24) is 19.9 Å². The van der Waals surface area contributed by atoms with Gasteiger partial charge in [0.1, 0.15) is 11.4 Å². The Kier molecular flexibility index (Phi) is 4.66. The molecule has 0 bridgehead atoms. The maximum absolute atomic E-state index is 11.7. The van der Waals surface area contributed by atoms with E-state index >= 15 is 0 Å². The molecular formula is C12H10BrN7O. The van der Waals surface area contributed by atoms with Gasteiger partial charge in [-0.3, -0.25) is 4.79 Å². The summed E-state index contributed by atoms with van der Waals surface area (Å²) in [5.74, 6) is 5.64. The molecule has 0 spiro atoms. The molecule has 0 aromatic carbocycles. The zero-order chi connectivity index (χ0) is 15.2. The van der Waals surface area contributed by atoms with Crippen LogP contribution in [-0.2, 0) is 7.05 Å². The number of hydrogen-bond acceptors (Lipinski definition) is 3. The van der Waals surface area contributed by atoms with Crippen LogP contribution in [0.5, 0.6) is 0 Å². The number of carbonyl (C=O) groups excluding carboxylic acids is 1. The number of imidazole rings is 1. The van der Waals surface area contributed by atoms with Crippen LogP contribution in [0.25, 0.3) is 10.4 Å². The molecule has 106 valence electrons. The highest BCUT2D eigenvalue weighted by molar-refractivity contribution is 9.10. The van der Waals surface area contributed by atoms with Gasteiger partial charge in [0.05, 0.1) is 12.7 Å². The summed E-state index contributed by atoms with van der Waals surface area (Å²) in [4.78, 5) is 21.1. The first kappa shape index (κ1) is 14.7. The van der Waals surface area contributed by atoms with Crippen molar-refractivity contribution in [2.45, 2.75) is 0 Å². The normalized spacial score (nSPS) is 9.43. The second-order valence-electron chi connectivity index (χ2n) is 3.91. The molecule has 2 aromatic heterocycles. The van der Waals surface area contributed by atoms with Gasteiger partial charge in [-0.2, -0.15) is 0 Å². The molecule has 8 nitrogen and oxygen atoms in total. The van der Waals surface area contributed by atoms with Crippen molar-refractivity contribution >= 4 is 27.8 Å². The first-order valence-corrected chi connectivity index (χ1v) is 6.59. The van der Waals surface area contributed by atoms with Gasteiger partial charge in [0.25, 0.3) is 5.91 Å². The summed E-state index contributed by atoms with van der Waals surface area (Å²) in [6, 6.07) is 1.68. The number of hydrogen-bond donors (Lipinski definition) is 2. The fourth-order valence-electron chi connectivity index (χ4n) is 1.50. The highest BCUT2D eigenvalue weighted by Gasteiger charge is 2.06. The first-order chi connectivity index (χ1) is 10.1. The number of H-pyrrole nitrogens is 1. The number of amides is 1. The summed E-state index contributed by atoms with van der Waals surface area (Å²) in [7, 11) is 1.69. The highest BCUT2D eigenvalue weighted by atomic mass is 79.9. The van der Waals surface area contributed by atoms with Crippen molar-refractivity contribution in [3.05, 3.63) is 44.8 Å². The lowest BCUT2D eigenvalue weighted by Crippen LogP contribution is -2.23. The van der Waals surface area contributed by atoms with Crippen molar-refractivity contribution in [1.29, 1.82) is 0 Å².